The van der Waals surface area contributed by atoms with Crippen LogP contribution in [-0.4, -0.2) is 28.2 Å². The van der Waals surface area contributed by atoms with Crippen molar-refractivity contribution < 1.29 is 9.53 Å². The highest BCUT2D eigenvalue weighted by Crippen LogP contribution is 2.32. The van der Waals surface area contributed by atoms with E-state index in [0.717, 1.165) is 10.0 Å². The zero-order valence-electron chi connectivity index (χ0n) is 10.3. The normalized spacial score (nSPS) is 10.3. The van der Waals surface area contributed by atoms with Crippen molar-refractivity contribution in [1.29, 1.82) is 0 Å². The SMILES string of the molecule is COc1cc(Br)cc(C)c1NC(=O)c1nc(N)n[nH]1. The van der Waals surface area contributed by atoms with E-state index < -0.39 is 5.91 Å². The monoisotopic (exact) mass is 325 g/mol. The second kappa shape index (κ2) is 5.27. The van der Waals surface area contributed by atoms with E-state index in [1.807, 2.05) is 13.0 Å². The Morgan fingerprint density at radius 1 is 1.53 bits per heavy atom. The number of nitrogens with zero attached hydrogens (tertiary/aromatic N) is 2. The van der Waals surface area contributed by atoms with Crippen molar-refractivity contribution in [3.63, 3.8) is 0 Å². The predicted molar refractivity (Wildman–Crippen MR) is 74.2 cm³/mol. The van der Waals surface area contributed by atoms with Gasteiger partial charge in [0.15, 0.2) is 0 Å². The lowest BCUT2D eigenvalue weighted by atomic mass is 10.2. The number of carbonyl (C=O) groups is 1. The first kappa shape index (κ1) is 13.3. The van der Waals surface area contributed by atoms with Crippen LogP contribution in [0.4, 0.5) is 11.6 Å². The molecule has 4 N–H and O–H groups in total. The van der Waals surface area contributed by atoms with E-state index in [4.69, 9.17) is 10.5 Å². The Morgan fingerprint density at radius 3 is 2.84 bits per heavy atom. The van der Waals surface area contributed by atoms with Gasteiger partial charge in [-0.05, 0) is 24.6 Å². The highest BCUT2D eigenvalue weighted by atomic mass is 79.9. The molecule has 0 aliphatic rings. The number of hydrogen-bond donors (Lipinski definition) is 3. The lowest BCUT2D eigenvalue weighted by Crippen LogP contribution is -2.15. The van der Waals surface area contributed by atoms with Crippen LogP contribution < -0.4 is 15.8 Å². The van der Waals surface area contributed by atoms with Crippen LogP contribution in [-0.2, 0) is 0 Å². The largest absolute Gasteiger partial charge is 0.495 e. The number of nitrogens with one attached hydrogen (secondary N) is 2. The summed E-state index contributed by atoms with van der Waals surface area (Å²) in [6, 6.07) is 3.63. The van der Waals surface area contributed by atoms with Gasteiger partial charge in [0.1, 0.15) is 5.75 Å². The van der Waals surface area contributed by atoms with Gasteiger partial charge in [-0.3, -0.25) is 9.89 Å². The van der Waals surface area contributed by atoms with Gasteiger partial charge in [0, 0.05) is 4.47 Å². The molecule has 100 valence electrons. The number of benzene rings is 1. The van der Waals surface area contributed by atoms with Crippen LogP contribution in [0.3, 0.4) is 0 Å². The van der Waals surface area contributed by atoms with Crippen molar-refractivity contribution in [1.82, 2.24) is 15.2 Å². The summed E-state index contributed by atoms with van der Waals surface area (Å²) < 4.78 is 6.10. The molecule has 0 atom stereocenters. The molecule has 8 heteroatoms. The Bertz CT molecular complexity index is 626. The number of rotatable bonds is 3. The molecule has 0 saturated heterocycles. The van der Waals surface area contributed by atoms with Crippen LogP contribution in [0, 0.1) is 6.92 Å². The highest BCUT2D eigenvalue weighted by Gasteiger charge is 2.15. The second-order valence-corrected chi connectivity index (χ2v) is 4.71. The van der Waals surface area contributed by atoms with E-state index in [-0.39, 0.29) is 11.8 Å². The first-order valence-corrected chi connectivity index (χ1v) is 6.14. The summed E-state index contributed by atoms with van der Waals surface area (Å²) in [6.07, 6.45) is 0. The second-order valence-electron chi connectivity index (χ2n) is 3.80. The molecular weight excluding hydrogens is 314 g/mol. The zero-order chi connectivity index (χ0) is 14.0. The Labute approximate surface area is 117 Å². The Kier molecular flexibility index (Phi) is 3.70. The van der Waals surface area contributed by atoms with Crippen molar-refractivity contribution in [2.45, 2.75) is 6.92 Å². The molecule has 0 fully saturated rings. The van der Waals surface area contributed by atoms with Gasteiger partial charge in [-0.15, -0.1) is 5.10 Å². The average Bonchev–Trinajstić information content (AvgIpc) is 2.78. The number of carbonyl (C=O) groups excluding carboxylic acids is 1. The van der Waals surface area contributed by atoms with Crippen LogP contribution in [0.15, 0.2) is 16.6 Å². The summed E-state index contributed by atoms with van der Waals surface area (Å²) in [5, 5.41) is 8.76. The quantitative estimate of drug-likeness (QED) is 0.796. The third kappa shape index (κ3) is 2.84. The molecule has 1 aromatic heterocycles. The van der Waals surface area contributed by atoms with Crippen LogP contribution in [0.1, 0.15) is 16.2 Å². The maximum atomic E-state index is 12.0. The van der Waals surface area contributed by atoms with Crippen molar-refractivity contribution >= 4 is 33.5 Å². The molecule has 2 aromatic rings. The van der Waals surface area contributed by atoms with E-state index >= 15 is 0 Å². The Hall–Kier alpha value is -2.09. The Morgan fingerprint density at radius 2 is 2.26 bits per heavy atom. The third-order valence-electron chi connectivity index (χ3n) is 2.44. The number of aromatic nitrogens is 3. The number of amides is 1. The van der Waals surface area contributed by atoms with E-state index in [1.165, 1.54) is 7.11 Å². The van der Waals surface area contributed by atoms with E-state index in [2.05, 4.69) is 36.4 Å². The predicted octanol–water partition coefficient (Wildman–Crippen LogP) is 1.72. The number of methoxy groups -OCH3 is 1. The third-order valence-corrected chi connectivity index (χ3v) is 2.90. The summed E-state index contributed by atoms with van der Waals surface area (Å²) in [4.78, 5) is 15.7. The molecule has 0 aliphatic carbocycles. The molecule has 0 saturated carbocycles. The summed E-state index contributed by atoms with van der Waals surface area (Å²) >= 11 is 3.36. The minimum absolute atomic E-state index is 0.0182. The van der Waals surface area contributed by atoms with Crippen LogP contribution in [0.25, 0.3) is 0 Å². The fourth-order valence-electron chi connectivity index (χ4n) is 1.58. The van der Waals surface area contributed by atoms with Gasteiger partial charge < -0.3 is 15.8 Å². The van der Waals surface area contributed by atoms with E-state index in [1.54, 1.807) is 6.07 Å². The lowest BCUT2D eigenvalue weighted by Gasteiger charge is -2.12. The average molecular weight is 326 g/mol. The van der Waals surface area contributed by atoms with Gasteiger partial charge in [-0.2, -0.15) is 4.98 Å². The van der Waals surface area contributed by atoms with Crippen LogP contribution >= 0.6 is 15.9 Å². The molecule has 0 radical (unpaired) electrons. The number of nitrogens with two attached hydrogens (primary N) is 1. The van der Waals surface area contributed by atoms with Crippen molar-refractivity contribution in [3.05, 3.63) is 28.0 Å². The highest BCUT2D eigenvalue weighted by molar-refractivity contribution is 9.10. The topological polar surface area (TPSA) is 106 Å². The summed E-state index contributed by atoms with van der Waals surface area (Å²) in [5.74, 6) is 0.173. The number of H-pyrrole nitrogens is 1. The number of nitrogen functional groups attached to an aromatic ring is 1. The minimum Gasteiger partial charge on any atom is -0.495 e. The Balaban J connectivity index is 2.31. The van der Waals surface area contributed by atoms with Gasteiger partial charge in [0.2, 0.25) is 11.8 Å². The number of hydrogen-bond acceptors (Lipinski definition) is 5. The van der Waals surface area contributed by atoms with Crippen molar-refractivity contribution in [3.8, 4) is 5.75 Å². The smallest absolute Gasteiger partial charge is 0.293 e. The maximum Gasteiger partial charge on any atom is 0.293 e. The fraction of sp³-hybridized carbons (Fsp3) is 0.182. The first-order valence-electron chi connectivity index (χ1n) is 5.34. The van der Waals surface area contributed by atoms with Gasteiger partial charge >= 0.3 is 0 Å². The molecule has 1 amide bonds. The van der Waals surface area contributed by atoms with Crippen LogP contribution in [0.2, 0.25) is 0 Å². The van der Waals surface area contributed by atoms with Crippen LogP contribution in [0.5, 0.6) is 5.75 Å². The number of ether oxygens (including phenoxy) is 1. The summed E-state index contributed by atoms with van der Waals surface area (Å²) in [6.45, 7) is 1.86. The molecule has 0 bridgehead atoms. The van der Waals surface area contributed by atoms with Gasteiger partial charge in [-0.25, -0.2) is 0 Å². The molecule has 0 aliphatic heterocycles. The number of aryl methyl sites for hydroxylation is 1. The van der Waals surface area contributed by atoms with Gasteiger partial charge in [0.05, 0.1) is 12.8 Å². The van der Waals surface area contributed by atoms with E-state index in [0.29, 0.717) is 11.4 Å². The first-order chi connectivity index (χ1) is 9.01. The molecule has 0 unspecified atom stereocenters. The maximum absolute atomic E-state index is 12.0. The molecule has 7 nitrogen and oxygen atoms in total. The number of halogens is 1. The fourth-order valence-corrected chi connectivity index (χ4v) is 2.13. The molecule has 2 rings (SSSR count). The summed E-state index contributed by atoms with van der Waals surface area (Å²) in [5.41, 5.74) is 6.78. The lowest BCUT2D eigenvalue weighted by molar-refractivity contribution is 0.101. The molecule has 1 aromatic carbocycles. The van der Waals surface area contributed by atoms with Crippen molar-refractivity contribution in [2.75, 3.05) is 18.2 Å². The zero-order valence-corrected chi connectivity index (χ0v) is 11.9. The number of anilines is 2. The van der Waals surface area contributed by atoms with Gasteiger partial charge in [0.25, 0.3) is 5.91 Å². The molecule has 19 heavy (non-hydrogen) atoms. The molecule has 1 heterocycles. The summed E-state index contributed by atoms with van der Waals surface area (Å²) in [7, 11) is 1.53. The number of aromatic amines is 1. The minimum atomic E-state index is -0.437. The molecule has 0 spiro atoms. The molecular formula is C11H12BrN5O2. The van der Waals surface area contributed by atoms with Crippen molar-refractivity contribution in [2.24, 2.45) is 0 Å². The standard InChI is InChI=1S/C11H12BrN5O2/c1-5-3-6(12)4-7(19-2)8(5)14-10(18)9-15-11(13)17-16-9/h3-4H,1-2H3,(H,14,18)(H3,13,15,16,17). The van der Waals surface area contributed by atoms with E-state index in [9.17, 15) is 4.79 Å². The van der Waals surface area contributed by atoms with Gasteiger partial charge in [-0.1, -0.05) is 15.9 Å².